The molecule has 0 saturated carbocycles. The summed E-state index contributed by atoms with van der Waals surface area (Å²) in [5.74, 6) is 0.502. The van der Waals surface area contributed by atoms with Gasteiger partial charge in [0.05, 0.1) is 11.4 Å². The summed E-state index contributed by atoms with van der Waals surface area (Å²) in [6.07, 6.45) is 2.93. The maximum atomic E-state index is 13.0. The number of nitrogens with zero attached hydrogens (tertiary/aromatic N) is 1. The average Bonchev–Trinajstić information content (AvgIpc) is 3.10. The molecule has 6 heteroatoms. The van der Waals surface area contributed by atoms with Gasteiger partial charge in [-0.2, -0.15) is 0 Å². The van der Waals surface area contributed by atoms with E-state index in [1.54, 1.807) is 17.0 Å². The van der Waals surface area contributed by atoms with Gasteiger partial charge in [-0.05, 0) is 54.0 Å². The fourth-order valence-electron chi connectivity index (χ4n) is 3.09. The number of carbonyl (C=O) groups is 1. The predicted octanol–water partition coefficient (Wildman–Crippen LogP) is 4.55. The molecule has 1 fully saturated rings. The smallest absolute Gasteiger partial charge is 0.266 e. The van der Waals surface area contributed by atoms with Crippen LogP contribution in [0.3, 0.4) is 0 Å². The SMILES string of the molecule is C[C@H]1Cc2cc(/C=C3/SC(=S)N(Cc4ccc(F)cc4)C3=O)ccc2O1. The van der Waals surface area contributed by atoms with Gasteiger partial charge >= 0.3 is 0 Å². The monoisotopic (exact) mass is 385 g/mol. The van der Waals surface area contributed by atoms with Crippen molar-refractivity contribution in [2.24, 2.45) is 0 Å². The first kappa shape index (κ1) is 17.2. The number of halogens is 1. The molecule has 2 aromatic carbocycles. The van der Waals surface area contributed by atoms with E-state index >= 15 is 0 Å². The molecule has 3 nitrogen and oxygen atoms in total. The zero-order valence-corrected chi connectivity index (χ0v) is 15.7. The third-order valence-corrected chi connectivity index (χ3v) is 5.72. The highest BCUT2D eigenvalue weighted by Crippen LogP contribution is 2.35. The van der Waals surface area contributed by atoms with E-state index in [1.807, 2.05) is 25.1 Å². The Morgan fingerprint density at radius 2 is 2.08 bits per heavy atom. The Hall–Kier alpha value is -2.18. The summed E-state index contributed by atoms with van der Waals surface area (Å²) in [7, 11) is 0. The number of carbonyl (C=O) groups excluding carboxylic acids is 1. The van der Waals surface area contributed by atoms with E-state index in [4.69, 9.17) is 17.0 Å². The summed E-state index contributed by atoms with van der Waals surface area (Å²) < 4.78 is 19.3. The number of ether oxygens (including phenoxy) is 1. The lowest BCUT2D eigenvalue weighted by Gasteiger charge is -2.14. The molecule has 2 aliphatic rings. The standard InChI is InChI=1S/C20H16FNO2S2/c1-12-8-15-9-14(4-7-17(15)24-12)10-18-19(23)22(20(25)26-18)11-13-2-5-16(21)6-3-13/h2-7,9-10,12H,8,11H2,1H3/b18-10+/t12-/m0/s1. The van der Waals surface area contributed by atoms with Crippen LogP contribution in [0.5, 0.6) is 5.75 Å². The van der Waals surface area contributed by atoms with Crippen LogP contribution >= 0.6 is 24.0 Å². The lowest BCUT2D eigenvalue weighted by molar-refractivity contribution is -0.122. The minimum atomic E-state index is -0.297. The predicted molar refractivity (Wildman–Crippen MR) is 105 cm³/mol. The van der Waals surface area contributed by atoms with Crippen molar-refractivity contribution >= 4 is 40.3 Å². The van der Waals surface area contributed by atoms with E-state index in [-0.39, 0.29) is 17.8 Å². The minimum absolute atomic E-state index is 0.116. The van der Waals surface area contributed by atoms with E-state index < -0.39 is 0 Å². The molecule has 0 aromatic heterocycles. The Morgan fingerprint density at radius 1 is 1.31 bits per heavy atom. The molecule has 0 aliphatic carbocycles. The molecule has 2 aliphatic heterocycles. The first-order valence-corrected chi connectivity index (χ1v) is 9.51. The van der Waals surface area contributed by atoms with Crippen LogP contribution in [0.15, 0.2) is 47.4 Å². The average molecular weight is 385 g/mol. The Balaban J connectivity index is 1.54. The van der Waals surface area contributed by atoms with E-state index in [0.717, 1.165) is 28.9 Å². The number of thiocarbonyl (C=S) groups is 1. The van der Waals surface area contributed by atoms with Gasteiger partial charge in [0.15, 0.2) is 0 Å². The van der Waals surface area contributed by atoms with Gasteiger partial charge in [-0.25, -0.2) is 4.39 Å². The van der Waals surface area contributed by atoms with Crippen LogP contribution in [0, 0.1) is 5.82 Å². The third-order valence-electron chi connectivity index (χ3n) is 4.35. The molecule has 2 heterocycles. The molecule has 1 atom stereocenters. The maximum absolute atomic E-state index is 13.0. The molecule has 26 heavy (non-hydrogen) atoms. The minimum Gasteiger partial charge on any atom is -0.490 e. The molecule has 1 amide bonds. The van der Waals surface area contributed by atoms with Crippen molar-refractivity contribution in [3.8, 4) is 5.75 Å². The van der Waals surface area contributed by atoms with Crippen molar-refractivity contribution in [2.45, 2.75) is 26.0 Å². The fourth-order valence-corrected chi connectivity index (χ4v) is 4.35. The van der Waals surface area contributed by atoms with E-state index in [2.05, 4.69) is 6.07 Å². The quantitative estimate of drug-likeness (QED) is 0.573. The summed E-state index contributed by atoms with van der Waals surface area (Å²) >= 11 is 6.66. The number of rotatable bonds is 3. The summed E-state index contributed by atoms with van der Waals surface area (Å²) in [6, 6.07) is 12.1. The molecule has 0 bridgehead atoms. The van der Waals surface area contributed by atoms with Crippen LogP contribution in [0.2, 0.25) is 0 Å². The van der Waals surface area contributed by atoms with Crippen molar-refractivity contribution in [2.75, 3.05) is 0 Å². The number of hydrogen-bond acceptors (Lipinski definition) is 4. The van der Waals surface area contributed by atoms with Crippen molar-refractivity contribution in [3.05, 3.63) is 69.9 Å². The normalized spacial score (nSPS) is 20.6. The van der Waals surface area contributed by atoms with Crippen molar-refractivity contribution in [3.63, 3.8) is 0 Å². The van der Waals surface area contributed by atoms with Gasteiger partial charge in [-0.15, -0.1) is 0 Å². The Bertz CT molecular complexity index is 924. The second-order valence-electron chi connectivity index (χ2n) is 6.39. The van der Waals surface area contributed by atoms with Crippen LogP contribution < -0.4 is 4.74 Å². The van der Waals surface area contributed by atoms with Crippen molar-refractivity contribution < 1.29 is 13.9 Å². The molecule has 132 valence electrons. The van der Waals surface area contributed by atoms with Crippen LogP contribution in [-0.4, -0.2) is 21.2 Å². The number of amides is 1. The maximum Gasteiger partial charge on any atom is 0.266 e. The zero-order chi connectivity index (χ0) is 18.3. The molecule has 0 spiro atoms. The molecule has 0 N–H and O–H groups in total. The van der Waals surface area contributed by atoms with E-state index in [0.29, 0.717) is 15.8 Å². The fraction of sp³-hybridized carbons (Fsp3) is 0.200. The van der Waals surface area contributed by atoms with Gasteiger partial charge in [0.25, 0.3) is 5.91 Å². The second kappa shape index (κ2) is 6.85. The molecule has 0 radical (unpaired) electrons. The van der Waals surface area contributed by atoms with E-state index in [9.17, 15) is 9.18 Å². The second-order valence-corrected chi connectivity index (χ2v) is 8.07. The highest BCUT2D eigenvalue weighted by atomic mass is 32.2. The largest absolute Gasteiger partial charge is 0.490 e. The molecular weight excluding hydrogens is 369 g/mol. The van der Waals surface area contributed by atoms with Gasteiger partial charge in [0.1, 0.15) is 22.0 Å². The van der Waals surface area contributed by atoms with Gasteiger partial charge in [-0.1, -0.05) is 42.2 Å². The zero-order valence-electron chi connectivity index (χ0n) is 14.1. The number of benzene rings is 2. The van der Waals surface area contributed by atoms with Gasteiger partial charge < -0.3 is 4.74 Å². The highest BCUT2D eigenvalue weighted by molar-refractivity contribution is 8.26. The summed E-state index contributed by atoms with van der Waals surface area (Å²) in [5, 5.41) is 0. The van der Waals surface area contributed by atoms with Gasteiger partial charge in [0, 0.05) is 6.42 Å². The molecule has 1 saturated heterocycles. The van der Waals surface area contributed by atoms with E-state index in [1.165, 1.54) is 23.9 Å². The summed E-state index contributed by atoms with van der Waals surface area (Å²) in [5.41, 5.74) is 2.96. The van der Waals surface area contributed by atoms with Crippen LogP contribution in [0.25, 0.3) is 6.08 Å². The first-order valence-electron chi connectivity index (χ1n) is 8.29. The third kappa shape index (κ3) is 3.39. The number of hydrogen-bond donors (Lipinski definition) is 0. The van der Waals surface area contributed by atoms with Crippen molar-refractivity contribution in [1.82, 2.24) is 4.90 Å². The number of thioether (sulfide) groups is 1. The Morgan fingerprint density at radius 3 is 2.85 bits per heavy atom. The van der Waals surface area contributed by atoms with Gasteiger partial charge in [0.2, 0.25) is 0 Å². The topological polar surface area (TPSA) is 29.5 Å². The van der Waals surface area contributed by atoms with Crippen molar-refractivity contribution in [1.29, 1.82) is 0 Å². The highest BCUT2D eigenvalue weighted by Gasteiger charge is 2.32. The Labute approximate surface area is 160 Å². The molecule has 4 rings (SSSR count). The summed E-state index contributed by atoms with van der Waals surface area (Å²) in [6.45, 7) is 2.39. The lowest BCUT2D eigenvalue weighted by atomic mass is 10.1. The Kier molecular flexibility index (Phi) is 4.54. The molecule has 2 aromatic rings. The lowest BCUT2D eigenvalue weighted by Crippen LogP contribution is -2.27. The van der Waals surface area contributed by atoms with Crippen LogP contribution in [0.4, 0.5) is 4.39 Å². The van der Waals surface area contributed by atoms with Crippen LogP contribution in [-0.2, 0) is 17.8 Å². The summed E-state index contributed by atoms with van der Waals surface area (Å²) in [4.78, 5) is 14.9. The molecule has 0 unspecified atom stereocenters. The van der Waals surface area contributed by atoms with Gasteiger partial charge in [-0.3, -0.25) is 9.69 Å². The van der Waals surface area contributed by atoms with Crippen LogP contribution in [0.1, 0.15) is 23.6 Å². The number of fused-ring (bicyclic) bond motifs is 1. The molecular formula is C20H16FNO2S2. The first-order chi connectivity index (χ1) is 12.5.